The number of carbonyl (C=O) groups excluding carboxylic acids is 1. The summed E-state index contributed by atoms with van der Waals surface area (Å²) in [6, 6.07) is 18.6. The van der Waals surface area contributed by atoms with Crippen molar-refractivity contribution in [1.82, 2.24) is 9.80 Å². The first-order valence-electron chi connectivity index (χ1n) is 9.99. The van der Waals surface area contributed by atoms with Crippen LogP contribution in [0.15, 0.2) is 54.6 Å². The van der Waals surface area contributed by atoms with E-state index in [-0.39, 0.29) is 5.97 Å². The Kier molecular flexibility index (Phi) is 7.43. The molecule has 0 saturated carbocycles. The fraction of sp³-hybridized carbons (Fsp3) is 0.435. The summed E-state index contributed by atoms with van der Waals surface area (Å²) in [6.07, 6.45) is 2.15. The van der Waals surface area contributed by atoms with E-state index in [1.165, 1.54) is 11.1 Å². The number of rotatable bonds is 8. The molecular formula is C23H30N2O2. The van der Waals surface area contributed by atoms with Crippen LogP contribution in [0.25, 0.3) is 0 Å². The molecule has 1 aliphatic rings. The quantitative estimate of drug-likeness (QED) is 0.672. The molecule has 1 aliphatic heterocycles. The van der Waals surface area contributed by atoms with E-state index in [1.54, 1.807) is 0 Å². The van der Waals surface area contributed by atoms with Gasteiger partial charge in [-0.25, -0.2) is 4.79 Å². The molecule has 4 nitrogen and oxygen atoms in total. The molecule has 4 heteroatoms. The van der Waals surface area contributed by atoms with Gasteiger partial charge in [0.25, 0.3) is 0 Å². The minimum absolute atomic E-state index is 0.240. The number of nitrogens with zero attached hydrogens (tertiary/aromatic N) is 2. The maximum atomic E-state index is 11.7. The number of ether oxygens (including phenoxy) is 1. The Labute approximate surface area is 162 Å². The lowest BCUT2D eigenvalue weighted by Crippen LogP contribution is -2.47. The molecule has 2 aromatic rings. The Balaban J connectivity index is 1.36. The van der Waals surface area contributed by atoms with Crippen LogP contribution in [0.1, 0.15) is 28.4 Å². The number of hydrogen-bond donors (Lipinski definition) is 0. The predicted molar refractivity (Wildman–Crippen MR) is 109 cm³/mol. The van der Waals surface area contributed by atoms with Gasteiger partial charge >= 0.3 is 5.97 Å². The van der Waals surface area contributed by atoms with Crippen LogP contribution < -0.4 is 0 Å². The van der Waals surface area contributed by atoms with Crippen LogP contribution in [0.2, 0.25) is 0 Å². The van der Waals surface area contributed by atoms with Gasteiger partial charge in [0.2, 0.25) is 0 Å². The maximum Gasteiger partial charge on any atom is 0.338 e. The third-order valence-corrected chi connectivity index (χ3v) is 5.21. The van der Waals surface area contributed by atoms with Crippen molar-refractivity contribution in [1.29, 1.82) is 0 Å². The highest BCUT2D eigenvalue weighted by molar-refractivity contribution is 5.89. The first-order chi connectivity index (χ1) is 13.2. The Bertz CT molecular complexity index is 692. The molecule has 1 saturated heterocycles. The lowest BCUT2D eigenvalue weighted by molar-refractivity contribution is 0.0526. The molecule has 0 aromatic heterocycles. The molecule has 0 amide bonds. The van der Waals surface area contributed by atoms with Crippen LogP contribution in [0.3, 0.4) is 0 Å². The van der Waals surface area contributed by atoms with E-state index < -0.39 is 0 Å². The summed E-state index contributed by atoms with van der Waals surface area (Å²) in [6.45, 7) is 9.03. The normalized spacial score (nSPS) is 15.6. The van der Waals surface area contributed by atoms with Crippen molar-refractivity contribution in [2.75, 3.05) is 45.9 Å². The van der Waals surface area contributed by atoms with Crippen LogP contribution in [0, 0.1) is 0 Å². The molecule has 27 heavy (non-hydrogen) atoms. The van der Waals surface area contributed by atoms with Gasteiger partial charge in [-0.05, 0) is 43.0 Å². The van der Waals surface area contributed by atoms with Crippen LogP contribution in [0.5, 0.6) is 0 Å². The van der Waals surface area contributed by atoms with Gasteiger partial charge < -0.3 is 14.5 Å². The second-order valence-corrected chi connectivity index (χ2v) is 7.09. The Morgan fingerprint density at radius 3 is 1.85 bits per heavy atom. The summed E-state index contributed by atoms with van der Waals surface area (Å²) in [5, 5.41) is 0. The molecule has 1 fully saturated rings. The number of benzene rings is 2. The summed E-state index contributed by atoms with van der Waals surface area (Å²) in [7, 11) is 0. The lowest BCUT2D eigenvalue weighted by atomic mass is 10.1. The highest BCUT2D eigenvalue weighted by atomic mass is 16.5. The zero-order valence-electron chi connectivity index (χ0n) is 16.3. The molecule has 0 bridgehead atoms. The third-order valence-electron chi connectivity index (χ3n) is 5.21. The minimum Gasteiger partial charge on any atom is -0.462 e. The summed E-state index contributed by atoms with van der Waals surface area (Å²) >= 11 is 0. The second-order valence-electron chi connectivity index (χ2n) is 7.09. The van der Waals surface area contributed by atoms with E-state index in [2.05, 4.69) is 40.1 Å². The Morgan fingerprint density at radius 1 is 0.815 bits per heavy atom. The first-order valence-corrected chi connectivity index (χ1v) is 9.99. The summed E-state index contributed by atoms with van der Waals surface area (Å²) < 4.78 is 5.03. The third kappa shape index (κ3) is 6.19. The Hall–Kier alpha value is -2.17. The molecule has 0 unspecified atom stereocenters. The van der Waals surface area contributed by atoms with Crippen LogP contribution in [-0.2, 0) is 17.6 Å². The second kappa shape index (κ2) is 10.2. The molecule has 0 atom stereocenters. The number of piperazine rings is 1. The SMILES string of the molecule is CCOC(=O)c1ccc(CCN2CCN(CCc3ccccc3)CC2)cc1. The Morgan fingerprint density at radius 2 is 1.33 bits per heavy atom. The van der Waals surface area contributed by atoms with Crippen molar-refractivity contribution in [3.63, 3.8) is 0 Å². The van der Waals surface area contributed by atoms with Crippen molar-refractivity contribution < 1.29 is 9.53 Å². The molecule has 0 N–H and O–H groups in total. The smallest absolute Gasteiger partial charge is 0.338 e. The van der Waals surface area contributed by atoms with Gasteiger partial charge in [0, 0.05) is 39.3 Å². The zero-order chi connectivity index (χ0) is 18.9. The van der Waals surface area contributed by atoms with Crippen molar-refractivity contribution in [2.45, 2.75) is 19.8 Å². The van der Waals surface area contributed by atoms with E-state index in [1.807, 2.05) is 31.2 Å². The van der Waals surface area contributed by atoms with E-state index in [0.29, 0.717) is 12.2 Å². The molecule has 0 radical (unpaired) electrons. The number of hydrogen-bond acceptors (Lipinski definition) is 4. The van der Waals surface area contributed by atoms with Gasteiger partial charge in [-0.2, -0.15) is 0 Å². The highest BCUT2D eigenvalue weighted by Crippen LogP contribution is 2.10. The van der Waals surface area contributed by atoms with Crippen LogP contribution in [-0.4, -0.2) is 61.6 Å². The minimum atomic E-state index is -0.240. The van der Waals surface area contributed by atoms with Crippen molar-refractivity contribution in [3.05, 3.63) is 71.3 Å². The van der Waals surface area contributed by atoms with Crippen molar-refractivity contribution in [2.24, 2.45) is 0 Å². The average Bonchev–Trinajstić information content (AvgIpc) is 2.73. The van der Waals surface area contributed by atoms with E-state index >= 15 is 0 Å². The van der Waals surface area contributed by atoms with E-state index in [0.717, 1.165) is 52.1 Å². The largest absolute Gasteiger partial charge is 0.462 e. The van der Waals surface area contributed by atoms with Gasteiger partial charge in [0.1, 0.15) is 0 Å². The fourth-order valence-electron chi connectivity index (χ4n) is 3.48. The van der Waals surface area contributed by atoms with Crippen LogP contribution >= 0.6 is 0 Å². The summed E-state index contributed by atoms with van der Waals surface area (Å²) in [4.78, 5) is 16.8. The number of carbonyl (C=O) groups is 1. The van der Waals surface area contributed by atoms with Crippen molar-refractivity contribution in [3.8, 4) is 0 Å². The zero-order valence-corrected chi connectivity index (χ0v) is 16.3. The molecule has 1 heterocycles. The summed E-state index contributed by atoms with van der Waals surface area (Å²) in [5.74, 6) is -0.240. The monoisotopic (exact) mass is 366 g/mol. The van der Waals surface area contributed by atoms with Gasteiger partial charge in [-0.15, -0.1) is 0 Å². The topological polar surface area (TPSA) is 32.8 Å². The lowest BCUT2D eigenvalue weighted by Gasteiger charge is -2.34. The molecule has 2 aromatic carbocycles. The fourth-order valence-corrected chi connectivity index (χ4v) is 3.48. The van der Waals surface area contributed by atoms with E-state index in [9.17, 15) is 4.79 Å². The van der Waals surface area contributed by atoms with Gasteiger partial charge in [0.05, 0.1) is 12.2 Å². The maximum absolute atomic E-state index is 11.7. The predicted octanol–water partition coefficient (Wildman–Crippen LogP) is 3.27. The molecule has 144 valence electrons. The van der Waals surface area contributed by atoms with Gasteiger partial charge in [-0.1, -0.05) is 42.5 Å². The van der Waals surface area contributed by atoms with Gasteiger partial charge in [0.15, 0.2) is 0 Å². The summed E-state index contributed by atoms with van der Waals surface area (Å²) in [5.41, 5.74) is 3.33. The molecule has 0 aliphatic carbocycles. The van der Waals surface area contributed by atoms with E-state index in [4.69, 9.17) is 4.74 Å². The first kappa shape index (κ1) is 19.6. The van der Waals surface area contributed by atoms with Gasteiger partial charge in [-0.3, -0.25) is 0 Å². The molecule has 0 spiro atoms. The average molecular weight is 367 g/mol. The van der Waals surface area contributed by atoms with Crippen molar-refractivity contribution >= 4 is 5.97 Å². The molecule has 3 rings (SSSR count). The highest BCUT2D eigenvalue weighted by Gasteiger charge is 2.16. The number of esters is 1. The standard InChI is InChI=1S/C23H30N2O2/c1-2-27-23(26)22-10-8-21(9-11-22)13-15-25-18-16-24(17-19-25)14-12-20-6-4-3-5-7-20/h3-11H,2,12-19H2,1H3. The van der Waals surface area contributed by atoms with Crippen LogP contribution in [0.4, 0.5) is 0 Å². The molecular weight excluding hydrogens is 336 g/mol.